The molecule has 1 saturated carbocycles. The van der Waals surface area contributed by atoms with Crippen LogP contribution >= 0.6 is 86.2 Å². The Hall–Kier alpha value is -9.28. The van der Waals surface area contributed by atoms with Gasteiger partial charge < -0.3 is 74.3 Å². The van der Waals surface area contributed by atoms with Crippen LogP contribution in [0.15, 0.2) is 206 Å². The van der Waals surface area contributed by atoms with Crippen molar-refractivity contribution in [1.29, 1.82) is 0 Å². The van der Waals surface area contributed by atoms with Gasteiger partial charge in [-0.1, -0.05) is 63.1 Å². The number of halogens is 3. The second-order valence-electron chi connectivity index (χ2n) is 36.7. The van der Waals surface area contributed by atoms with E-state index in [0.29, 0.717) is 93.0 Å². The number of aliphatic hydroxyl groups is 2. The van der Waals surface area contributed by atoms with Gasteiger partial charge in [0, 0.05) is 166 Å². The van der Waals surface area contributed by atoms with Crippen LogP contribution in [0.5, 0.6) is 0 Å². The Morgan fingerprint density at radius 1 is 0.522 bits per heavy atom. The Morgan fingerprint density at radius 2 is 0.919 bits per heavy atom. The number of thioether (sulfide) groups is 4. The molecule has 6 aromatic carbocycles. The van der Waals surface area contributed by atoms with E-state index >= 15 is 0 Å². The minimum atomic E-state index is -0.518. The number of anilines is 5. The number of hydrogen-bond acceptors (Lipinski definition) is 21. The number of rotatable bonds is 23. The molecule has 4 amide bonds. The van der Waals surface area contributed by atoms with Gasteiger partial charge in [-0.05, 0) is 319 Å². The van der Waals surface area contributed by atoms with Crippen LogP contribution in [0.2, 0.25) is 0 Å². The zero-order valence-electron chi connectivity index (χ0n) is 80.6. The van der Waals surface area contributed by atoms with Crippen molar-refractivity contribution >= 4 is 150 Å². The smallest absolute Gasteiger partial charge is 0.410 e. The van der Waals surface area contributed by atoms with E-state index in [-0.39, 0.29) is 54.9 Å². The summed E-state index contributed by atoms with van der Waals surface area (Å²) in [6.45, 7) is 34.1. The monoisotopic (exact) mass is 2030 g/mol. The number of hydrogen-bond donors (Lipinski definition) is 4. The lowest BCUT2D eigenvalue weighted by molar-refractivity contribution is 0.0180. The molecule has 25 nitrogen and oxygen atoms in total. The summed E-state index contributed by atoms with van der Waals surface area (Å²) in [6.07, 6.45) is 24.6. The zero-order chi connectivity index (χ0) is 97.5. The fourth-order valence-corrected chi connectivity index (χ4v) is 19.5. The van der Waals surface area contributed by atoms with Crippen LogP contribution in [-0.4, -0.2) is 260 Å². The van der Waals surface area contributed by atoms with Crippen molar-refractivity contribution in [2.45, 2.75) is 198 Å². The quantitative estimate of drug-likeness (QED) is 0.0264. The zero-order valence-corrected chi connectivity index (χ0v) is 87.0. The number of aliphatic hydroxyl groups excluding tert-OH is 2. The summed E-state index contributed by atoms with van der Waals surface area (Å²) in [4.78, 5) is 85.1. The highest BCUT2D eigenvalue weighted by Gasteiger charge is 2.45. The van der Waals surface area contributed by atoms with Gasteiger partial charge in [-0.25, -0.2) is 31.8 Å². The molecule has 0 atom stereocenters. The van der Waals surface area contributed by atoms with E-state index < -0.39 is 16.7 Å². The highest BCUT2D eigenvalue weighted by molar-refractivity contribution is 9.10. The normalized spacial score (nSPS) is 16.0. The number of aromatic nitrogens is 6. The van der Waals surface area contributed by atoms with E-state index in [1.807, 2.05) is 193 Å². The van der Waals surface area contributed by atoms with Gasteiger partial charge in [-0.2, -0.15) is 9.97 Å². The van der Waals surface area contributed by atoms with Gasteiger partial charge in [0.15, 0.2) is 11.3 Å². The number of nitrogens with one attached hydrogen (secondary N) is 2. The number of piperidine rings is 4. The van der Waals surface area contributed by atoms with E-state index in [1.165, 1.54) is 54.9 Å². The van der Waals surface area contributed by atoms with Gasteiger partial charge in [-0.15, -0.1) is 80.4 Å². The number of nitrogens with zero attached hydrogens (tertiary/aromatic N) is 15. The van der Waals surface area contributed by atoms with Gasteiger partial charge >= 0.3 is 12.2 Å². The predicted octanol–water partition coefficient (Wildman–Crippen LogP) is 22.6. The van der Waals surface area contributed by atoms with Crippen LogP contribution in [0.25, 0.3) is 21.0 Å². The Morgan fingerprint density at radius 3 is 1.31 bits per heavy atom. The van der Waals surface area contributed by atoms with Crippen molar-refractivity contribution in [2.75, 3.05) is 159 Å². The summed E-state index contributed by atoms with van der Waals surface area (Å²) in [5.41, 5.74) is 8.63. The molecule has 32 heteroatoms. The van der Waals surface area contributed by atoms with Crippen LogP contribution in [0, 0.1) is 13.1 Å². The highest BCUT2D eigenvalue weighted by atomic mass is 79.9. The molecule has 0 radical (unpaired) electrons. The molecule has 5 aliphatic rings. The molecule has 4 saturated heterocycles. The molecule has 0 bridgehead atoms. The van der Waals surface area contributed by atoms with Crippen molar-refractivity contribution in [1.82, 2.24) is 58.6 Å². The molecule has 4 aliphatic heterocycles. The fraction of sp³-hybridized carbons (Fsp3) is 0.481. The van der Waals surface area contributed by atoms with E-state index in [0.717, 1.165) is 135 Å². The summed E-state index contributed by atoms with van der Waals surface area (Å²) in [7, 11) is 8.08. The fourth-order valence-electron chi connectivity index (χ4n) is 17.0. The number of pyridine rings is 2. The predicted molar refractivity (Wildman–Crippen MR) is 565 cm³/mol. The Kier molecular flexibility index (Phi) is 43.2. The second-order valence-corrected chi connectivity index (χ2v) is 41.8. The van der Waals surface area contributed by atoms with Crippen molar-refractivity contribution in [3.63, 3.8) is 0 Å². The summed E-state index contributed by atoms with van der Waals surface area (Å²) >= 11 is 21.5. The maximum Gasteiger partial charge on any atom is 0.410 e. The van der Waals surface area contributed by atoms with Crippen molar-refractivity contribution < 1.29 is 38.9 Å². The topological polar surface area (TPSA) is 243 Å². The van der Waals surface area contributed by atoms with Gasteiger partial charge in [0.05, 0.1) is 23.4 Å². The number of likely N-dealkylation sites (tertiary alicyclic amines) is 3. The lowest BCUT2D eigenvalue weighted by atomic mass is 9.70. The summed E-state index contributed by atoms with van der Waals surface area (Å²) in [6, 6.07) is 57.2. The van der Waals surface area contributed by atoms with Crippen LogP contribution < -0.4 is 15.5 Å². The molecule has 5 fully saturated rings. The molecule has 1 aliphatic carbocycles. The largest absolute Gasteiger partial charge is 0.444 e. The summed E-state index contributed by atoms with van der Waals surface area (Å²) in [5.74, 6) is 1.91. The average molecular weight is 2030 g/mol. The van der Waals surface area contributed by atoms with Crippen LogP contribution in [0.4, 0.5) is 38.5 Å². The first-order valence-electron chi connectivity index (χ1n) is 46.1. The summed E-state index contributed by atoms with van der Waals surface area (Å²) < 4.78 is 15.0. The minimum Gasteiger partial charge on any atom is -0.444 e. The second kappa shape index (κ2) is 53.2. The van der Waals surface area contributed by atoms with Crippen molar-refractivity contribution in [3.8, 4) is 0 Å². The number of ether oxygens (including phenoxy) is 2. The third-order valence-corrected chi connectivity index (χ3v) is 29.2. The van der Waals surface area contributed by atoms with Crippen LogP contribution in [0.1, 0.15) is 175 Å². The SMILES string of the molecule is C.CC(C)(C)OC(=O)N(CCCl)CCCl.CN1CCC(N(C)C(=O)c2ccc(Nc3nc4c(Br)cccn4n3)cc2)CC1.CSc1ccc(C2(CO)CCCCC2)cc1.CSc1ccc(C2(CO)CCN(c3cccn4nc(Nc5ccc(C(=O)N(C)C6CCN(C)CC6)cc5)nc34)CC2)cc1.[C-]#[N+]C1(c2ccc(SC)cc2)CCN(C(=O)OC(C)(C)C)CC1.[C-]#[N+]Cc1ccc(SC)cc1. The first-order valence-corrected chi connectivity index (χ1v) is 52.9. The first kappa shape index (κ1) is 110. The average Bonchev–Trinajstić information content (AvgIpc) is 1.16. The van der Waals surface area contributed by atoms with E-state index in [4.69, 9.17) is 50.8 Å². The molecule has 0 unspecified atom stereocenters. The third kappa shape index (κ3) is 31.4. The van der Waals surface area contributed by atoms with Crippen molar-refractivity contribution in [2.24, 2.45) is 0 Å². The highest BCUT2D eigenvalue weighted by Crippen LogP contribution is 2.43. The van der Waals surface area contributed by atoms with Crippen molar-refractivity contribution in [3.05, 3.63) is 243 Å². The molecular weight excluding hydrogens is 1890 g/mol. The maximum atomic E-state index is 13.1. The van der Waals surface area contributed by atoms with Crippen LogP contribution in [0.3, 0.4) is 0 Å². The number of alkyl halides is 2. The molecule has 8 heterocycles. The number of carbonyl (C=O) groups excluding carboxylic acids is 4. The van der Waals surface area contributed by atoms with E-state index in [1.54, 1.807) is 61.0 Å². The third-order valence-electron chi connectivity index (χ3n) is 25.3. The number of carbonyl (C=O) groups is 4. The molecule has 4 N–H and O–H groups in total. The molecule has 15 rings (SSSR count). The molecule has 4 aromatic heterocycles. The number of amides is 4. The summed E-state index contributed by atoms with van der Waals surface area (Å²) in [5, 5.41) is 35.8. The molecule has 136 heavy (non-hydrogen) atoms. The molecule has 0 spiro atoms. The van der Waals surface area contributed by atoms with Crippen LogP contribution in [-0.2, 0) is 32.4 Å². The Bertz CT molecular complexity index is 5460. The first-order chi connectivity index (χ1) is 64.8. The van der Waals surface area contributed by atoms with Gasteiger partial charge in [-0.3, -0.25) is 9.59 Å². The van der Waals surface area contributed by atoms with Gasteiger partial charge in [0.1, 0.15) is 11.2 Å². The Balaban J connectivity index is 0.000000195. The lowest BCUT2D eigenvalue weighted by Gasteiger charge is -2.42. The lowest BCUT2D eigenvalue weighted by Crippen LogP contribution is -2.45. The standard InChI is InChI=1S/C33H41N7O2S.C20H23BrN6O.C18H24N2O2S.C14H20OS.C9H17Cl2NO2.C9H9NS.CH4/c1-37-19-14-27(15-20-37)38(2)31(42)24-6-10-26(11-7-24)34-32-35-30-29(5-4-18-40(30)36-32)39-21-16-33(23-41,17-22-39)25-8-12-28(43-3)13-9-25;1-25-12-9-16(10-13-25)26(2)19(28)14-5-7-15(8-6-14)22-20-23-18-17(21)4-3-11-27(18)24-20;1-17(2,3)22-16(21)20-12-10-18(19-4,11-13-20)14-6-8-15(23-5)9-7-14;1-16-13-7-5-12(6-8-13)14(11-15)9-3-2-4-10-14;1-9(2,3)14-8(13)12(6-4-10)7-5-11;1-10-7-8-3-5-9(11-2)6-4-8;/h4-13,18,27,41H,14-17,19-23H2,1-3H3,(H,34,36);3-8,11,16H,9-10,12-13H2,1-2H3,(H,22,24);6-9H,10-13H2,1-3,5H3;5-8,15H,2-4,9-11H2,1H3;4-7H2,1-3H3;3-6H,7H2,2H3;1H4. The number of fused-ring (bicyclic) bond motifs is 2. The molecular formula is C104H138BrCl2N17O8S4. The Labute approximate surface area is 841 Å². The van der Waals surface area contributed by atoms with Gasteiger partial charge in [0.2, 0.25) is 18.4 Å². The molecule has 10 aromatic rings. The minimum absolute atomic E-state index is 0. The number of benzene rings is 6. The maximum absolute atomic E-state index is 13.1. The van der Waals surface area contributed by atoms with Gasteiger partial charge in [0.25, 0.3) is 17.4 Å². The van der Waals surface area contributed by atoms with E-state index in [9.17, 15) is 29.4 Å². The molecule has 732 valence electrons. The van der Waals surface area contributed by atoms with E-state index in [2.05, 4.69) is 159 Å².